The maximum absolute atomic E-state index is 11.0. The highest BCUT2D eigenvalue weighted by molar-refractivity contribution is 5.73. The predicted molar refractivity (Wildman–Crippen MR) is 59.2 cm³/mol. The minimum absolute atomic E-state index is 0.114. The maximum Gasteiger partial charge on any atom is 0.310 e. The monoisotopic (exact) mass is 198 g/mol. The molecule has 0 aromatic heterocycles. The third kappa shape index (κ3) is 3.95. The van der Waals surface area contributed by atoms with Gasteiger partial charge in [0.1, 0.15) is 0 Å². The van der Waals surface area contributed by atoms with Crippen LogP contribution in [0.5, 0.6) is 0 Å². The van der Waals surface area contributed by atoms with E-state index in [1.54, 1.807) is 0 Å². The molecule has 1 N–H and O–H groups in total. The van der Waals surface area contributed by atoms with Gasteiger partial charge in [0.2, 0.25) is 0 Å². The zero-order valence-corrected chi connectivity index (χ0v) is 9.76. The van der Waals surface area contributed by atoms with Crippen molar-refractivity contribution >= 4 is 5.97 Å². The molecule has 0 saturated heterocycles. The Morgan fingerprint density at radius 1 is 1.43 bits per heavy atom. The molecule has 1 unspecified atom stereocenters. The van der Waals surface area contributed by atoms with Crippen molar-refractivity contribution in [2.45, 2.75) is 47.0 Å². The topological polar surface area (TPSA) is 37.3 Å². The van der Waals surface area contributed by atoms with Crippen LogP contribution in [0.3, 0.4) is 0 Å². The zero-order valence-electron chi connectivity index (χ0n) is 9.76. The van der Waals surface area contributed by atoms with E-state index in [1.165, 1.54) is 0 Å². The Morgan fingerprint density at radius 3 is 2.21 bits per heavy atom. The first-order valence-corrected chi connectivity index (χ1v) is 5.22. The Labute approximate surface area is 87.0 Å². The largest absolute Gasteiger partial charge is 0.481 e. The third-order valence-corrected chi connectivity index (χ3v) is 2.53. The fraction of sp³-hybridized carbons (Fsp3) is 0.750. The average Bonchev–Trinajstić information content (AvgIpc) is 2.02. The van der Waals surface area contributed by atoms with Crippen LogP contribution in [-0.2, 0) is 4.79 Å². The molecule has 0 spiro atoms. The molecule has 1 atom stereocenters. The summed E-state index contributed by atoms with van der Waals surface area (Å²) in [5, 5.41) is 9.07. The van der Waals surface area contributed by atoms with E-state index in [2.05, 4.69) is 13.5 Å². The molecule has 0 aliphatic carbocycles. The number of unbranched alkanes of at least 4 members (excludes halogenated alkanes) is 1. The summed E-state index contributed by atoms with van der Waals surface area (Å²) < 4.78 is 0. The van der Waals surface area contributed by atoms with Gasteiger partial charge in [-0.1, -0.05) is 52.7 Å². The zero-order chi connectivity index (χ0) is 11.4. The summed E-state index contributed by atoms with van der Waals surface area (Å²) in [5.74, 6) is -1.12. The second kappa shape index (κ2) is 5.18. The lowest BCUT2D eigenvalue weighted by molar-refractivity contribution is -0.141. The van der Waals surface area contributed by atoms with E-state index in [0.717, 1.165) is 18.4 Å². The molecule has 14 heavy (non-hydrogen) atoms. The molecule has 0 rings (SSSR count). The molecule has 0 aliphatic rings. The summed E-state index contributed by atoms with van der Waals surface area (Å²) in [7, 11) is 0. The second-order valence-corrected chi connectivity index (χ2v) is 4.81. The summed E-state index contributed by atoms with van der Waals surface area (Å²) in [4.78, 5) is 11.0. The van der Waals surface area contributed by atoms with Gasteiger partial charge in [0, 0.05) is 0 Å². The number of aliphatic carboxylic acids is 1. The van der Waals surface area contributed by atoms with Crippen LogP contribution in [-0.4, -0.2) is 11.1 Å². The smallest absolute Gasteiger partial charge is 0.310 e. The first kappa shape index (κ1) is 13.2. The van der Waals surface area contributed by atoms with Gasteiger partial charge >= 0.3 is 5.97 Å². The Balaban J connectivity index is 4.50. The van der Waals surface area contributed by atoms with Crippen LogP contribution in [0.1, 0.15) is 47.0 Å². The lowest BCUT2D eigenvalue weighted by Crippen LogP contribution is -2.23. The van der Waals surface area contributed by atoms with Crippen LogP contribution >= 0.6 is 0 Å². The van der Waals surface area contributed by atoms with Crippen molar-refractivity contribution in [1.82, 2.24) is 0 Å². The quantitative estimate of drug-likeness (QED) is 0.687. The van der Waals surface area contributed by atoms with Crippen molar-refractivity contribution in [2.75, 3.05) is 0 Å². The highest BCUT2D eigenvalue weighted by Crippen LogP contribution is 2.32. The number of hydrogen-bond acceptors (Lipinski definition) is 1. The van der Waals surface area contributed by atoms with Crippen LogP contribution in [0.25, 0.3) is 0 Å². The Bertz CT molecular complexity index is 211. The number of rotatable bonds is 5. The van der Waals surface area contributed by atoms with Crippen molar-refractivity contribution in [3.8, 4) is 0 Å². The lowest BCUT2D eigenvalue weighted by Gasteiger charge is -2.27. The molecule has 0 saturated carbocycles. The maximum atomic E-state index is 11.0. The summed E-state index contributed by atoms with van der Waals surface area (Å²) in [6.07, 6.45) is 2.69. The van der Waals surface area contributed by atoms with Gasteiger partial charge in [0.15, 0.2) is 0 Å². The molecule has 82 valence electrons. The standard InChI is InChI=1S/C12H22O2/c1-6-7-8-10(11(13)14)9(2)12(3,4)5/h10H,2,6-8H2,1,3-5H3,(H,13,14). The molecular weight excluding hydrogens is 176 g/mol. The summed E-state index contributed by atoms with van der Waals surface area (Å²) >= 11 is 0. The van der Waals surface area contributed by atoms with Crippen LogP contribution < -0.4 is 0 Å². The van der Waals surface area contributed by atoms with Gasteiger partial charge in [-0.15, -0.1) is 0 Å². The van der Waals surface area contributed by atoms with Gasteiger partial charge in [-0.3, -0.25) is 4.79 Å². The van der Waals surface area contributed by atoms with Gasteiger partial charge in [0.05, 0.1) is 5.92 Å². The Morgan fingerprint density at radius 2 is 1.93 bits per heavy atom. The van der Waals surface area contributed by atoms with Crippen LogP contribution in [0.15, 0.2) is 12.2 Å². The van der Waals surface area contributed by atoms with Crippen molar-refractivity contribution < 1.29 is 9.90 Å². The lowest BCUT2D eigenvalue weighted by atomic mass is 9.78. The summed E-state index contributed by atoms with van der Waals surface area (Å²) in [6.45, 7) is 12.0. The first-order chi connectivity index (χ1) is 6.30. The Hall–Kier alpha value is -0.790. The highest BCUT2D eigenvalue weighted by atomic mass is 16.4. The SMILES string of the molecule is C=C(C(CCCC)C(=O)O)C(C)(C)C. The van der Waals surface area contributed by atoms with Crippen molar-refractivity contribution in [2.24, 2.45) is 11.3 Å². The van der Waals surface area contributed by atoms with E-state index in [9.17, 15) is 4.79 Å². The molecule has 0 aromatic rings. The molecule has 0 heterocycles. The fourth-order valence-corrected chi connectivity index (χ4v) is 1.38. The minimum atomic E-state index is -0.738. The van der Waals surface area contributed by atoms with Gasteiger partial charge in [0.25, 0.3) is 0 Å². The molecule has 0 fully saturated rings. The van der Waals surface area contributed by atoms with Gasteiger partial charge in [-0.05, 0) is 11.8 Å². The average molecular weight is 198 g/mol. The summed E-state index contributed by atoms with van der Waals surface area (Å²) in [6, 6.07) is 0. The number of carboxylic acids is 1. The minimum Gasteiger partial charge on any atom is -0.481 e. The van der Waals surface area contributed by atoms with Crippen LogP contribution in [0, 0.1) is 11.3 Å². The molecule has 0 radical (unpaired) electrons. The molecular formula is C12H22O2. The molecule has 2 heteroatoms. The van der Waals surface area contributed by atoms with Crippen molar-refractivity contribution in [3.05, 3.63) is 12.2 Å². The number of hydrogen-bond donors (Lipinski definition) is 1. The van der Waals surface area contributed by atoms with E-state index < -0.39 is 5.97 Å². The Kier molecular flexibility index (Phi) is 4.89. The van der Waals surface area contributed by atoms with E-state index in [-0.39, 0.29) is 11.3 Å². The second-order valence-electron chi connectivity index (χ2n) is 4.81. The highest BCUT2D eigenvalue weighted by Gasteiger charge is 2.28. The molecule has 0 aromatic carbocycles. The molecule has 0 aliphatic heterocycles. The van der Waals surface area contributed by atoms with Crippen LogP contribution in [0.2, 0.25) is 0 Å². The van der Waals surface area contributed by atoms with Crippen LogP contribution in [0.4, 0.5) is 0 Å². The fourth-order valence-electron chi connectivity index (χ4n) is 1.38. The van der Waals surface area contributed by atoms with Gasteiger partial charge in [-0.2, -0.15) is 0 Å². The predicted octanol–water partition coefficient (Wildman–Crippen LogP) is 3.48. The summed E-state index contributed by atoms with van der Waals surface area (Å²) in [5.41, 5.74) is 0.718. The van der Waals surface area contributed by atoms with E-state index in [0.29, 0.717) is 6.42 Å². The normalized spacial score (nSPS) is 13.7. The van der Waals surface area contributed by atoms with E-state index >= 15 is 0 Å². The first-order valence-electron chi connectivity index (χ1n) is 5.22. The molecule has 0 amide bonds. The van der Waals surface area contributed by atoms with Crippen molar-refractivity contribution in [3.63, 3.8) is 0 Å². The third-order valence-electron chi connectivity index (χ3n) is 2.53. The van der Waals surface area contributed by atoms with Crippen molar-refractivity contribution in [1.29, 1.82) is 0 Å². The molecule has 0 bridgehead atoms. The number of carboxylic acid groups (broad SMARTS) is 1. The van der Waals surface area contributed by atoms with Gasteiger partial charge in [-0.25, -0.2) is 0 Å². The molecule has 2 nitrogen and oxygen atoms in total. The van der Waals surface area contributed by atoms with Gasteiger partial charge < -0.3 is 5.11 Å². The number of carbonyl (C=O) groups is 1. The van der Waals surface area contributed by atoms with E-state index in [4.69, 9.17) is 5.11 Å². The van der Waals surface area contributed by atoms with E-state index in [1.807, 2.05) is 20.8 Å².